The zero-order chi connectivity index (χ0) is 13.4. The van der Waals surface area contributed by atoms with Crippen LogP contribution in [0.3, 0.4) is 0 Å². The Morgan fingerprint density at radius 3 is 2.67 bits per heavy atom. The molecule has 0 radical (unpaired) electrons. The number of hydrogen-bond acceptors (Lipinski definition) is 2. The van der Waals surface area contributed by atoms with E-state index in [4.69, 9.17) is 0 Å². The Labute approximate surface area is 107 Å². The van der Waals surface area contributed by atoms with Crippen molar-refractivity contribution in [3.63, 3.8) is 0 Å². The van der Waals surface area contributed by atoms with Gasteiger partial charge in [-0.05, 0) is 31.2 Å². The van der Waals surface area contributed by atoms with Crippen LogP contribution in [0.4, 0.5) is 8.78 Å². The summed E-state index contributed by atoms with van der Waals surface area (Å²) >= 11 is 0. The van der Waals surface area contributed by atoms with Crippen LogP contribution in [0.1, 0.15) is 44.2 Å². The zero-order valence-electron chi connectivity index (χ0n) is 11.0. The lowest BCUT2D eigenvalue weighted by molar-refractivity contribution is -0.0499. The average molecular weight is 257 g/mol. The molecule has 0 amide bonds. The van der Waals surface area contributed by atoms with Crippen LogP contribution in [-0.2, 0) is 0 Å². The van der Waals surface area contributed by atoms with Crippen LogP contribution in [0, 0.1) is 0 Å². The van der Waals surface area contributed by atoms with E-state index in [2.05, 4.69) is 17.0 Å². The highest BCUT2D eigenvalue weighted by Gasteiger charge is 2.11. The second-order valence-electron chi connectivity index (χ2n) is 4.29. The number of rotatable bonds is 8. The predicted molar refractivity (Wildman–Crippen MR) is 69.0 cm³/mol. The zero-order valence-corrected chi connectivity index (χ0v) is 11.0. The maximum Gasteiger partial charge on any atom is 0.387 e. The minimum Gasteiger partial charge on any atom is -0.435 e. The Kier molecular flexibility index (Phi) is 6.65. The number of hydrogen-bond donors (Lipinski definition) is 1. The summed E-state index contributed by atoms with van der Waals surface area (Å²) in [5.74, 6) is 0.221. The van der Waals surface area contributed by atoms with E-state index in [1.165, 1.54) is 12.8 Å². The summed E-state index contributed by atoms with van der Waals surface area (Å²) in [5.41, 5.74) is 0.992. The molecule has 0 saturated carbocycles. The number of ether oxygens (including phenoxy) is 1. The van der Waals surface area contributed by atoms with E-state index in [1.54, 1.807) is 18.2 Å². The van der Waals surface area contributed by atoms with Crippen LogP contribution in [0.25, 0.3) is 0 Å². The van der Waals surface area contributed by atoms with Gasteiger partial charge in [-0.15, -0.1) is 0 Å². The maximum absolute atomic E-state index is 12.1. The van der Waals surface area contributed by atoms with E-state index in [0.29, 0.717) is 0 Å². The molecule has 0 aliphatic carbocycles. The fourth-order valence-electron chi connectivity index (χ4n) is 1.98. The molecule has 1 atom stereocenters. The standard InChI is InChI=1S/C14H21F2NO/c1-3-4-5-9-13(17-2)11-7-6-8-12(10-11)18-14(15)16/h6-8,10,13-14,17H,3-5,9H2,1-2H3. The molecule has 1 N–H and O–H groups in total. The minimum atomic E-state index is -2.77. The molecule has 102 valence electrons. The van der Waals surface area contributed by atoms with E-state index in [9.17, 15) is 8.78 Å². The van der Waals surface area contributed by atoms with E-state index < -0.39 is 6.61 Å². The van der Waals surface area contributed by atoms with E-state index >= 15 is 0 Å². The molecule has 0 aromatic heterocycles. The van der Waals surface area contributed by atoms with Gasteiger partial charge in [0.2, 0.25) is 0 Å². The molecule has 1 aromatic carbocycles. The van der Waals surface area contributed by atoms with Gasteiger partial charge in [-0.3, -0.25) is 0 Å². The lowest BCUT2D eigenvalue weighted by Gasteiger charge is -2.17. The molecule has 1 aromatic rings. The molecule has 1 rings (SSSR count). The molecule has 2 nitrogen and oxygen atoms in total. The van der Waals surface area contributed by atoms with Crippen molar-refractivity contribution in [1.82, 2.24) is 5.32 Å². The fourth-order valence-corrected chi connectivity index (χ4v) is 1.98. The summed E-state index contributed by atoms with van der Waals surface area (Å²) in [7, 11) is 1.89. The Bertz CT molecular complexity index is 344. The lowest BCUT2D eigenvalue weighted by Crippen LogP contribution is -2.16. The SMILES string of the molecule is CCCCCC(NC)c1cccc(OC(F)F)c1. The Morgan fingerprint density at radius 1 is 1.28 bits per heavy atom. The third-order valence-corrected chi connectivity index (χ3v) is 2.93. The highest BCUT2D eigenvalue weighted by Crippen LogP contribution is 2.24. The van der Waals surface area contributed by atoms with Gasteiger partial charge in [0.15, 0.2) is 0 Å². The number of halogens is 2. The molecule has 4 heteroatoms. The van der Waals surface area contributed by atoms with Crippen LogP contribution in [0.15, 0.2) is 24.3 Å². The highest BCUT2D eigenvalue weighted by molar-refractivity contribution is 5.30. The van der Waals surface area contributed by atoms with Gasteiger partial charge >= 0.3 is 6.61 Å². The summed E-state index contributed by atoms with van der Waals surface area (Å²) in [5, 5.41) is 3.21. The molecule has 18 heavy (non-hydrogen) atoms. The van der Waals surface area contributed by atoms with Crippen molar-refractivity contribution in [2.45, 2.75) is 45.3 Å². The molecule has 0 saturated heterocycles. The Hall–Kier alpha value is -1.16. The first-order valence-electron chi connectivity index (χ1n) is 6.39. The Morgan fingerprint density at radius 2 is 2.06 bits per heavy atom. The monoisotopic (exact) mass is 257 g/mol. The number of benzene rings is 1. The molecule has 0 aliphatic rings. The number of nitrogens with one attached hydrogen (secondary N) is 1. The normalized spacial score (nSPS) is 12.7. The van der Waals surface area contributed by atoms with Crippen molar-refractivity contribution < 1.29 is 13.5 Å². The van der Waals surface area contributed by atoms with Crippen LogP contribution in [-0.4, -0.2) is 13.7 Å². The van der Waals surface area contributed by atoms with Crippen molar-refractivity contribution in [2.75, 3.05) is 7.05 Å². The van der Waals surface area contributed by atoms with Gasteiger partial charge in [-0.1, -0.05) is 38.3 Å². The van der Waals surface area contributed by atoms with Gasteiger partial charge in [0, 0.05) is 6.04 Å². The largest absolute Gasteiger partial charge is 0.435 e. The third kappa shape index (κ3) is 5.00. The fraction of sp³-hybridized carbons (Fsp3) is 0.571. The summed E-state index contributed by atoms with van der Waals surface area (Å²) in [6.07, 6.45) is 4.49. The second-order valence-corrected chi connectivity index (χ2v) is 4.29. The van der Waals surface area contributed by atoms with Crippen LogP contribution >= 0.6 is 0 Å². The molecule has 0 spiro atoms. The number of unbranched alkanes of at least 4 members (excludes halogenated alkanes) is 2. The summed E-state index contributed by atoms with van der Waals surface area (Å²) in [6.45, 7) is -0.612. The van der Waals surface area contributed by atoms with Crippen molar-refractivity contribution in [1.29, 1.82) is 0 Å². The van der Waals surface area contributed by atoms with Crippen molar-refractivity contribution in [3.05, 3.63) is 29.8 Å². The average Bonchev–Trinajstić information content (AvgIpc) is 2.34. The summed E-state index contributed by atoms with van der Waals surface area (Å²) in [4.78, 5) is 0. The van der Waals surface area contributed by atoms with Gasteiger partial charge in [0.1, 0.15) is 5.75 Å². The first kappa shape index (κ1) is 14.9. The number of alkyl halides is 2. The molecule has 0 heterocycles. The van der Waals surface area contributed by atoms with Gasteiger partial charge in [-0.2, -0.15) is 8.78 Å². The molecule has 0 aliphatic heterocycles. The molecular weight excluding hydrogens is 236 g/mol. The predicted octanol–water partition coefficient (Wildman–Crippen LogP) is 4.13. The summed E-state index contributed by atoms with van der Waals surface area (Å²) < 4.78 is 28.7. The molecular formula is C14H21F2NO. The van der Waals surface area contributed by atoms with Gasteiger partial charge in [0.25, 0.3) is 0 Å². The summed E-state index contributed by atoms with van der Waals surface area (Å²) in [6, 6.07) is 7.11. The van der Waals surface area contributed by atoms with Crippen molar-refractivity contribution in [2.24, 2.45) is 0 Å². The minimum absolute atomic E-state index is 0.192. The van der Waals surface area contributed by atoms with Crippen molar-refractivity contribution in [3.8, 4) is 5.75 Å². The highest BCUT2D eigenvalue weighted by atomic mass is 19.3. The smallest absolute Gasteiger partial charge is 0.387 e. The third-order valence-electron chi connectivity index (χ3n) is 2.93. The molecule has 0 bridgehead atoms. The first-order chi connectivity index (χ1) is 8.67. The van der Waals surface area contributed by atoms with E-state index in [-0.39, 0.29) is 11.8 Å². The second kappa shape index (κ2) is 8.03. The quantitative estimate of drug-likeness (QED) is 0.707. The van der Waals surface area contributed by atoms with Gasteiger partial charge in [0.05, 0.1) is 0 Å². The Balaban J connectivity index is 2.66. The van der Waals surface area contributed by atoms with Gasteiger partial charge < -0.3 is 10.1 Å². The first-order valence-corrected chi connectivity index (χ1v) is 6.39. The van der Waals surface area contributed by atoms with Crippen molar-refractivity contribution >= 4 is 0 Å². The molecule has 1 unspecified atom stereocenters. The molecule has 0 fully saturated rings. The van der Waals surface area contributed by atoms with Crippen LogP contribution in [0.5, 0.6) is 5.75 Å². The maximum atomic E-state index is 12.1. The van der Waals surface area contributed by atoms with Crippen LogP contribution in [0.2, 0.25) is 0 Å². The lowest BCUT2D eigenvalue weighted by atomic mass is 10.0. The van der Waals surface area contributed by atoms with Gasteiger partial charge in [-0.25, -0.2) is 0 Å². The van der Waals surface area contributed by atoms with E-state index in [1.807, 2.05) is 13.1 Å². The van der Waals surface area contributed by atoms with E-state index in [0.717, 1.165) is 18.4 Å². The topological polar surface area (TPSA) is 21.3 Å². The van der Waals surface area contributed by atoms with Crippen LogP contribution < -0.4 is 10.1 Å².